The van der Waals surface area contributed by atoms with Crippen molar-refractivity contribution in [2.45, 2.75) is 34.6 Å². The van der Waals surface area contributed by atoms with Gasteiger partial charge < -0.3 is 0 Å². The Bertz CT molecular complexity index is 1090. The van der Waals surface area contributed by atoms with Crippen molar-refractivity contribution in [2.75, 3.05) is 0 Å². The molecule has 0 spiro atoms. The Balaban J connectivity index is 2.35. The lowest BCUT2D eigenvalue weighted by Gasteiger charge is -2.13. The highest BCUT2D eigenvalue weighted by atomic mass is 14.1. The second-order valence-electron chi connectivity index (χ2n) is 7.32. The van der Waals surface area contributed by atoms with Crippen LogP contribution in [0.2, 0.25) is 0 Å². The summed E-state index contributed by atoms with van der Waals surface area (Å²) in [6, 6.07) is 20.5. The van der Waals surface area contributed by atoms with Gasteiger partial charge in [0.25, 0.3) is 0 Å². The first-order valence-electron chi connectivity index (χ1n) is 8.97. The van der Waals surface area contributed by atoms with Crippen LogP contribution >= 0.6 is 0 Å². The fraction of sp³-hybridized carbons (Fsp3) is 0.200. The van der Waals surface area contributed by atoms with Crippen molar-refractivity contribution in [3.05, 3.63) is 82.4 Å². The Morgan fingerprint density at radius 3 is 1.36 bits per heavy atom. The molecule has 0 aliphatic carbocycles. The zero-order chi connectivity index (χ0) is 17.7. The second-order valence-corrected chi connectivity index (χ2v) is 7.32. The minimum absolute atomic E-state index is 1.30. The molecule has 124 valence electrons. The molecule has 0 amide bonds. The van der Waals surface area contributed by atoms with E-state index in [-0.39, 0.29) is 0 Å². The van der Waals surface area contributed by atoms with Crippen LogP contribution in [0.5, 0.6) is 0 Å². The molecule has 0 heterocycles. The summed E-state index contributed by atoms with van der Waals surface area (Å²) < 4.78 is 0. The molecule has 0 saturated carbocycles. The number of fused-ring (bicyclic) bond motifs is 4. The number of benzene rings is 3. The Kier molecular flexibility index (Phi) is 3.65. The van der Waals surface area contributed by atoms with Crippen LogP contribution in [0.4, 0.5) is 0 Å². The Morgan fingerprint density at radius 1 is 0.440 bits per heavy atom. The summed E-state index contributed by atoms with van der Waals surface area (Å²) in [5, 5.41) is 8.10. The van der Waals surface area contributed by atoms with Crippen LogP contribution in [0.3, 0.4) is 0 Å². The van der Waals surface area contributed by atoms with Gasteiger partial charge in [-0.05, 0) is 101 Å². The molecule has 0 N–H and O–H groups in total. The molecule has 0 atom stereocenters. The van der Waals surface area contributed by atoms with Gasteiger partial charge in [0.05, 0.1) is 0 Å². The summed E-state index contributed by atoms with van der Waals surface area (Å²) in [5.41, 5.74) is 6.71. The van der Waals surface area contributed by atoms with E-state index in [4.69, 9.17) is 0 Å². The van der Waals surface area contributed by atoms with Crippen LogP contribution in [-0.2, 0) is 0 Å². The van der Waals surface area contributed by atoms with Gasteiger partial charge in [-0.15, -0.1) is 0 Å². The molecule has 0 heteroatoms. The van der Waals surface area contributed by atoms with E-state index in [2.05, 4.69) is 89.2 Å². The number of aryl methyl sites for hydroxylation is 4. The minimum atomic E-state index is 1.30. The van der Waals surface area contributed by atoms with Gasteiger partial charge in [0, 0.05) is 0 Å². The molecule has 0 saturated heterocycles. The molecule has 4 rings (SSSR count). The number of hydrogen-bond acceptors (Lipinski definition) is 0. The topological polar surface area (TPSA) is 0 Å². The van der Waals surface area contributed by atoms with E-state index in [0.29, 0.717) is 0 Å². The maximum atomic E-state index is 2.33. The van der Waals surface area contributed by atoms with Crippen molar-refractivity contribution in [1.82, 2.24) is 0 Å². The highest BCUT2D eigenvalue weighted by Crippen LogP contribution is 2.36. The Labute approximate surface area is 149 Å². The predicted octanol–water partition coefficient (Wildman–Crippen LogP) is 7.25. The maximum Gasteiger partial charge on any atom is -0.00215 e. The van der Waals surface area contributed by atoms with Crippen LogP contribution in [0.15, 0.2) is 54.6 Å². The molecular weight excluding hydrogens is 300 g/mol. The molecule has 0 nitrogen and oxygen atoms in total. The van der Waals surface area contributed by atoms with E-state index >= 15 is 0 Å². The quantitative estimate of drug-likeness (QED) is 0.319. The van der Waals surface area contributed by atoms with Crippen molar-refractivity contribution >= 4 is 32.3 Å². The summed E-state index contributed by atoms with van der Waals surface area (Å²) in [7, 11) is 0. The van der Waals surface area contributed by atoms with E-state index in [0.717, 1.165) is 0 Å². The first-order valence-corrected chi connectivity index (χ1v) is 8.97. The Morgan fingerprint density at radius 2 is 0.880 bits per heavy atom. The van der Waals surface area contributed by atoms with Gasteiger partial charge in [-0.3, -0.25) is 0 Å². The fourth-order valence-electron chi connectivity index (χ4n) is 3.94. The first kappa shape index (κ1) is 15.9. The standard InChI is InChI=1S/C25H24/c1-15-6-10-20-14-21(11-7-16(2)19(15)5)23-13-9-18(4)24-17(3)8-12-22(20)25(23)24/h6-14H,1-5H3. The van der Waals surface area contributed by atoms with E-state index in [1.54, 1.807) is 0 Å². The molecule has 4 aromatic carbocycles. The van der Waals surface area contributed by atoms with Gasteiger partial charge in [0.2, 0.25) is 0 Å². The van der Waals surface area contributed by atoms with Crippen LogP contribution in [0.1, 0.15) is 27.8 Å². The van der Waals surface area contributed by atoms with Gasteiger partial charge in [-0.25, -0.2) is 0 Å². The van der Waals surface area contributed by atoms with Gasteiger partial charge in [-0.2, -0.15) is 0 Å². The SMILES string of the molecule is Cc1ccc2cc(ccc(C)c1C)c1ccc(C)c3c(C)ccc2c31. The third-order valence-corrected chi connectivity index (χ3v) is 5.72. The van der Waals surface area contributed by atoms with Gasteiger partial charge in [-0.1, -0.05) is 48.5 Å². The minimum Gasteiger partial charge on any atom is -0.0584 e. The molecule has 0 unspecified atom stereocenters. The highest BCUT2D eigenvalue weighted by Gasteiger charge is 2.10. The van der Waals surface area contributed by atoms with Crippen molar-refractivity contribution in [3.63, 3.8) is 0 Å². The highest BCUT2D eigenvalue weighted by molar-refractivity contribution is 6.23. The summed E-state index contributed by atoms with van der Waals surface area (Å²) >= 11 is 0. The van der Waals surface area contributed by atoms with Gasteiger partial charge >= 0.3 is 0 Å². The molecule has 2 bridgehead atoms. The molecule has 25 heavy (non-hydrogen) atoms. The van der Waals surface area contributed by atoms with E-state index < -0.39 is 0 Å². The van der Waals surface area contributed by atoms with Crippen molar-refractivity contribution in [2.24, 2.45) is 0 Å². The lowest BCUT2D eigenvalue weighted by atomic mass is 9.90. The number of rotatable bonds is 0. The smallest absolute Gasteiger partial charge is 0.00215 e. The van der Waals surface area contributed by atoms with Crippen molar-refractivity contribution in [1.29, 1.82) is 0 Å². The molecule has 0 aliphatic heterocycles. The van der Waals surface area contributed by atoms with Gasteiger partial charge in [0.1, 0.15) is 0 Å². The molecule has 4 aromatic rings. The van der Waals surface area contributed by atoms with Crippen LogP contribution in [0, 0.1) is 34.6 Å². The van der Waals surface area contributed by atoms with Crippen molar-refractivity contribution in [3.8, 4) is 0 Å². The zero-order valence-corrected chi connectivity index (χ0v) is 15.7. The van der Waals surface area contributed by atoms with E-state index in [1.807, 2.05) is 0 Å². The summed E-state index contributed by atoms with van der Waals surface area (Å²) in [6.45, 7) is 11.0. The molecule has 0 fully saturated rings. The third-order valence-electron chi connectivity index (χ3n) is 5.72. The maximum absolute atomic E-state index is 2.33. The fourth-order valence-corrected chi connectivity index (χ4v) is 3.94. The first-order chi connectivity index (χ1) is 12.0. The molecule has 0 aliphatic rings. The van der Waals surface area contributed by atoms with E-state index in [1.165, 1.54) is 60.1 Å². The van der Waals surface area contributed by atoms with Gasteiger partial charge in [0.15, 0.2) is 0 Å². The summed E-state index contributed by atoms with van der Waals surface area (Å²) in [6.07, 6.45) is 0. The molecule has 0 radical (unpaired) electrons. The summed E-state index contributed by atoms with van der Waals surface area (Å²) in [4.78, 5) is 0. The van der Waals surface area contributed by atoms with Crippen LogP contribution in [-0.4, -0.2) is 0 Å². The largest absolute Gasteiger partial charge is 0.0584 e. The lowest BCUT2D eigenvalue weighted by molar-refractivity contribution is 1.29. The zero-order valence-electron chi connectivity index (χ0n) is 15.7. The monoisotopic (exact) mass is 324 g/mol. The summed E-state index contributed by atoms with van der Waals surface area (Å²) in [5.74, 6) is 0. The third kappa shape index (κ3) is 2.44. The van der Waals surface area contributed by atoms with Crippen molar-refractivity contribution < 1.29 is 0 Å². The second kappa shape index (κ2) is 5.74. The molecule has 0 aromatic heterocycles. The lowest BCUT2D eigenvalue weighted by Crippen LogP contribution is -1.88. The average molecular weight is 324 g/mol. The Hall–Kier alpha value is -2.60. The molecular formula is C25H24. The average Bonchev–Trinajstić information content (AvgIpc) is 2.61. The predicted molar refractivity (Wildman–Crippen MR) is 111 cm³/mol. The van der Waals surface area contributed by atoms with E-state index in [9.17, 15) is 0 Å². The van der Waals surface area contributed by atoms with Crippen LogP contribution < -0.4 is 0 Å². The normalized spacial score (nSPS) is 11.4. The number of hydrogen-bond donors (Lipinski definition) is 0. The van der Waals surface area contributed by atoms with Crippen LogP contribution in [0.25, 0.3) is 32.3 Å².